The third-order valence-electron chi connectivity index (χ3n) is 2.38. The summed E-state index contributed by atoms with van der Waals surface area (Å²) in [6, 6.07) is 4.93. The van der Waals surface area contributed by atoms with Crippen LogP contribution in [0, 0.1) is 12.7 Å². The topological polar surface area (TPSA) is 32.3 Å². The molecule has 2 N–H and O–H groups in total. The van der Waals surface area contributed by atoms with E-state index in [2.05, 4.69) is 5.32 Å². The molecule has 0 saturated carbocycles. The maximum Gasteiger partial charge on any atom is 0.126 e. The molecule has 0 atom stereocenters. The van der Waals surface area contributed by atoms with E-state index in [9.17, 15) is 4.39 Å². The van der Waals surface area contributed by atoms with E-state index in [0.717, 1.165) is 5.69 Å². The standard InChI is InChI=1S/C12H18FNO/c1-9-8-10(4-5-11(9)13)14-12(2,3)6-7-15/h4-5,8,14-15H,6-7H2,1-3H3. The van der Waals surface area contributed by atoms with Crippen molar-refractivity contribution in [3.63, 3.8) is 0 Å². The first kappa shape index (κ1) is 12.0. The van der Waals surface area contributed by atoms with Crippen LogP contribution in [0.5, 0.6) is 0 Å². The molecule has 0 aliphatic rings. The van der Waals surface area contributed by atoms with Crippen molar-refractivity contribution in [3.8, 4) is 0 Å². The number of benzene rings is 1. The first-order valence-electron chi connectivity index (χ1n) is 5.10. The van der Waals surface area contributed by atoms with Crippen LogP contribution in [0.4, 0.5) is 10.1 Å². The lowest BCUT2D eigenvalue weighted by molar-refractivity contribution is 0.261. The van der Waals surface area contributed by atoms with Gasteiger partial charge in [-0.15, -0.1) is 0 Å². The van der Waals surface area contributed by atoms with Gasteiger partial charge in [0.05, 0.1) is 0 Å². The minimum Gasteiger partial charge on any atom is -0.396 e. The van der Waals surface area contributed by atoms with Gasteiger partial charge in [-0.25, -0.2) is 4.39 Å². The Bertz CT molecular complexity index is 336. The van der Waals surface area contributed by atoms with Crippen LogP contribution in [-0.4, -0.2) is 17.3 Å². The summed E-state index contributed by atoms with van der Waals surface area (Å²) >= 11 is 0. The second-order valence-electron chi connectivity index (χ2n) is 4.45. The molecule has 1 aromatic carbocycles. The van der Waals surface area contributed by atoms with E-state index in [0.29, 0.717) is 12.0 Å². The number of nitrogens with one attached hydrogen (secondary N) is 1. The molecule has 15 heavy (non-hydrogen) atoms. The zero-order valence-electron chi connectivity index (χ0n) is 9.47. The van der Waals surface area contributed by atoms with Crippen molar-refractivity contribution in [2.75, 3.05) is 11.9 Å². The monoisotopic (exact) mass is 211 g/mol. The van der Waals surface area contributed by atoms with E-state index in [1.54, 1.807) is 19.1 Å². The zero-order chi connectivity index (χ0) is 11.5. The molecular formula is C12H18FNO. The van der Waals surface area contributed by atoms with E-state index >= 15 is 0 Å². The molecule has 0 heterocycles. The van der Waals surface area contributed by atoms with E-state index in [-0.39, 0.29) is 18.0 Å². The fourth-order valence-electron chi connectivity index (χ4n) is 1.46. The third-order valence-corrected chi connectivity index (χ3v) is 2.38. The number of halogens is 1. The van der Waals surface area contributed by atoms with Crippen molar-refractivity contribution in [2.24, 2.45) is 0 Å². The highest BCUT2D eigenvalue weighted by atomic mass is 19.1. The first-order chi connectivity index (χ1) is 6.94. The summed E-state index contributed by atoms with van der Waals surface area (Å²) in [6.45, 7) is 5.88. The SMILES string of the molecule is Cc1cc(NC(C)(C)CCO)ccc1F. The molecule has 0 aromatic heterocycles. The van der Waals surface area contributed by atoms with Crippen LogP contribution >= 0.6 is 0 Å². The van der Waals surface area contributed by atoms with E-state index in [1.807, 2.05) is 13.8 Å². The summed E-state index contributed by atoms with van der Waals surface area (Å²) in [5, 5.41) is 12.1. The van der Waals surface area contributed by atoms with Crippen LogP contribution in [0.15, 0.2) is 18.2 Å². The van der Waals surface area contributed by atoms with Crippen molar-refractivity contribution < 1.29 is 9.50 Å². The van der Waals surface area contributed by atoms with Crippen molar-refractivity contribution in [2.45, 2.75) is 32.7 Å². The van der Waals surface area contributed by atoms with Crippen LogP contribution in [-0.2, 0) is 0 Å². The van der Waals surface area contributed by atoms with Gasteiger partial charge in [-0.05, 0) is 51.0 Å². The number of aliphatic hydroxyl groups excluding tert-OH is 1. The minimum absolute atomic E-state index is 0.139. The summed E-state index contributed by atoms with van der Waals surface area (Å²) in [5.41, 5.74) is 1.33. The van der Waals surface area contributed by atoms with Gasteiger partial charge in [0.15, 0.2) is 0 Å². The molecule has 0 fully saturated rings. The molecule has 0 aliphatic carbocycles. The Kier molecular flexibility index (Phi) is 3.69. The molecule has 1 aromatic rings. The molecule has 0 spiro atoms. The molecule has 0 saturated heterocycles. The molecule has 2 nitrogen and oxygen atoms in total. The van der Waals surface area contributed by atoms with Gasteiger partial charge in [-0.1, -0.05) is 0 Å². The summed E-state index contributed by atoms with van der Waals surface area (Å²) in [6.07, 6.45) is 0.656. The van der Waals surface area contributed by atoms with Gasteiger partial charge in [0.1, 0.15) is 5.82 Å². The van der Waals surface area contributed by atoms with E-state index < -0.39 is 0 Å². The maximum absolute atomic E-state index is 13.0. The van der Waals surface area contributed by atoms with Gasteiger partial charge in [0.25, 0.3) is 0 Å². The van der Waals surface area contributed by atoms with Crippen molar-refractivity contribution in [1.82, 2.24) is 0 Å². The fraction of sp³-hybridized carbons (Fsp3) is 0.500. The summed E-state index contributed by atoms with van der Waals surface area (Å²) in [4.78, 5) is 0. The number of hydrogen-bond donors (Lipinski definition) is 2. The summed E-state index contributed by atoms with van der Waals surface area (Å²) < 4.78 is 13.0. The highest BCUT2D eigenvalue weighted by Crippen LogP contribution is 2.20. The van der Waals surface area contributed by atoms with Crippen molar-refractivity contribution >= 4 is 5.69 Å². The van der Waals surface area contributed by atoms with Crippen LogP contribution in [0.2, 0.25) is 0 Å². The lowest BCUT2D eigenvalue weighted by atomic mass is 10.0. The molecule has 0 amide bonds. The smallest absolute Gasteiger partial charge is 0.126 e. The van der Waals surface area contributed by atoms with E-state index in [4.69, 9.17) is 5.11 Å². The summed E-state index contributed by atoms with van der Waals surface area (Å²) in [5.74, 6) is -0.194. The number of hydrogen-bond acceptors (Lipinski definition) is 2. The van der Waals surface area contributed by atoms with Crippen LogP contribution in [0.1, 0.15) is 25.8 Å². The molecule has 3 heteroatoms. The second-order valence-corrected chi connectivity index (χ2v) is 4.45. The number of aryl methyl sites for hydroxylation is 1. The molecule has 1 rings (SSSR count). The lowest BCUT2D eigenvalue weighted by Gasteiger charge is -2.27. The van der Waals surface area contributed by atoms with Gasteiger partial charge in [0.2, 0.25) is 0 Å². The summed E-state index contributed by atoms with van der Waals surface area (Å²) in [7, 11) is 0. The largest absolute Gasteiger partial charge is 0.396 e. The molecular weight excluding hydrogens is 193 g/mol. The zero-order valence-corrected chi connectivity index (χ0v) is 9.47. The number of aliphatic hydroxyl groups is 1. The van der Waals surface area contributed by atoms with Gasteiger partial charge in [0, 0.05) is 17.8 Å². The molecule has 0 aliphatic heterocycles. The minimum atomic E-state index is -0.194. The molecule has 0 unspecified atom stereocenters. The maximum atomic E-state index is 13.0. The Morgan fingerprint density at radius 1 is 1.40 bits per heavy atom. The third kappa shape index (κ3) is 3.51. The lowest BCUT2D eigenvalue weighted by Crippen LogP contribution is -2.31. The Hall–Kier alpha value is -1.09. The van der Waals surface area contributed by atoms with Crippen molar-refractivity contribution in [1.29, 1.82) is 0 Å². The van der Waals surface area contributed by atoms with Gasteiger partial charge >= 0.3 is 0 Å². The Morgan fingerprint density at radius 2 is 2.07 bits per heavy atom. The average Bonchev–Trinajstić information content (AvgIpc) is 2.10. The van der Waals surface area contributed by atoms with Gasteiger partial charge < -0.3 is 10.4 Å². The second kappa shape index (κ2) is 4.62. The predicted octanol–water partition coefficient (Wildman–Crippen LogP) is 2.71. The first-order valence-corrected chi connectivity index (χ1v) is 5.10. The predicted molar refractivity (Wildman–Crippen MR) is 60.5 cm³/mol. The quantitative estimate of drug-likeness (QED) is 0.802. The van der Waals surface area contributed by atoms with E-state index in [1.165, 1.54) is 6.07 Å². The van der Waals surface area contributed by atoms with Gasteiger partial charge in [-0.2, -0.15) is 0 Å². The average molecular weight is 211 g/mol. The Labute approximate surface area is 90.1 Å². The highest BCUT2D eigenvalue weighted by Gasteiger charge is 2.16. The Morgan fingerprint density at radius 3 is 2.60 bits per heavy atom. The molecule has 0 radical (unpaired) electrons. The number of rotatable bonds is 4. The molecule has 0 bridgehead atoms. The van der Waals surface area contributed by atoms with Crippen molar-refractivity contribution in [3.05, 3.63) is 29.6 Å². The Balaban J connectivity index is 2.76. The normalized spacial score (nSPS) is 11.5. The number of anilines is 1. The van der Waals surface area contributed by atoms with Crippen LogP contribution < -0.4 is 5.32 Å². The van der Waals surface area contributed by atoms with Crippen LogP contribution in [0.25, 0.3) is 0 Å². The fourth-order valence-corrected chi connectivity index (χ4v) is 1.46. The van der Waals surface area contributed by atoms with Gasteiger partial charge in [-0.3, -0.25) is 0 Å². The van der Waals surface area contributed by atoms with Crippen LogP contribution in [0.3, 0.4) is 0 Å². The highest BCUT2D eigenvalue weighted by molar-refractivity contribution is 5.47. The molecule has 84 valence electrons.